The summed E-state index contributed by atoms with van der Waals surface area (Å²) in [6, 6.07) is 13.2. The molecule has 3 aromatic rings. The van der Waals surface area contributed by atoms with Crippen molar-refractivity contribution in [2.75, 3.05) is 4.72 Å². The van der Waals surface area contributed by atoms with Crippen molar-refractivity contribution in [1.82, 2.24) is 0 Å². The fraction of sp³-hybridized carbons (Fsp3) is 0.0526. The Hall–Kier alpha value is -2.80. The molecule has 0 saturated carbocycles. The van der Waals surface area contributed by atoms with Crippen LogP contribution in [0.5, 0.6) is 0 Å². The highest BCUT2D eigenvalue weighted by atomic mass is 32.2. The van der Waals surface area contributed by atoms with Crippen LogP contribution in [0.15, 0.2) is 65.6 Å². The van der Waals surface area contributed by atoms with E-state index >= 15 is 0 Å². The van der Waals surface area contributed by atoms with Gasteiger partial charge in [-0.15, -0.1) is 0 Å². The quantitative estimate of drug-likeness (QED) is 0.704. The second-order valence-corrected chi connectivity index (χ2v) is 7.38. The van der Waals surface area contributed by atoms with Gasteiger partial charge in [-0.1, -0.05) is 30.3 Å². The van der Waals surface area contributed by atoms with Gasteiger partial charge in [-0.25, -0.2) is 21.6 Å². The topological polar surface area (TPSA) is 46.2 Å². The van der Waals surface area contributed by atoms with Gasteiger partial charge in [-0.3, -0.25) is 4.72 Å². The first-order valence-electron chi connectivity index (χ1n) is 7.61. The molecule has 0 aromatic heterocycles. The first kappa shape index (κ1) is 18.0. The highest BCUT2D eigenvalue weighted by Crippen LogP contribution is 2.32. The van der Waals surface area contributed by atoms with E-state index in [4.69, 9.17) is 0 Å². The van der Waals surface area contributed by atoms with Crippen molar-refractivity contribution in [1.29, 1.82) is 0 Å². The highest BCUT2D eigenvalue weighted by molar-refractivity contribution is 7.92. The fourth-order valence-electron chi connectivity index (χ4n) is 2.43. The van der Waals surface area contributed by atoms with Crippen LogP contribution < -0.4 is 4.72 Å². The van der Waals surface area contributed by atoms with E-state index in [9.17, 15) is 21.6 Å². The van der Waals surface area contributed by atoms with Crippen LogP contribution >= 0.6 is 0 Å². The summed E-state index contributed by atoms with van der Waals surface area (Å²) >= 11 is 0. The summed E-state index contributed by atoms with van der Waals surface area (Å²) in [5.41, 5.74) is 0.443. The van der Waals surface area contributed by atoms with E-state index in [0.29, 0.717) is 5.56 Å². The summed E-state index contributed by atoms with van der Waals surface area (Å²) < 4.78 is 68.6. The van der Waals surface area contributed by atoms with Crippen molar-refractivity contribution >= 4 is 15.7 Å². The Bertz CT molecular complexity index is 1070. The summed E-state index contributed by atoms with van der Waals surface area (Å²) in [6.07, 6.45) is 0. The molecule has 0 heterocycles. The van der Waals surface area contributed by atoms with Crippen LogP contribution in [-0.2, 0) is 10.0 Å². The average molecular weight is 377 g/mol. The lowest BCUT2D eigenvalue weighted by atomic mass is 10.0. The van der Waals surface area contributed by atoms with E-state index in [1.165, 1.54) is 36.4 Å². The number of hydrogen-bond donors (Lipinski definition) is 1. The summed E-state index contributed by atoms with van der Waals surface area (Å²) in [5.74, 6) is -2.92. The molecule has 0 unspecified atom stereocenters. The minimum Gasteiger partial charge on any atom is -0.279 e. The normalized spacial score (nSPS) is 11.4. The molecule has 0 atom stereocenters. The zero-order chi connectivity index (χ0) is 18.9. The van der Waals surface area contributed by atoms with Crippen LogP contribution in [0.1, 0.15) is 5.56 Å². The molecule has 0 aliphatic carbocycles. The lowest BCUT2D eigenvalue weighted by Gasteiger charge is -2.14. The van der Waals surface area contributed by atoms with Crippen molar-refractivity contribution in [3.8, 4) is 11.1 Å². The maximum absolute atomic E-state index is 13.9. The largest absolute Gasteiger partial charge is 0.279 e. The molecule has 7 heteroatoms. The second-order valence-electron chi connectivity index (χ2n) is 5.69. The van der Waals surface area contributed by atoms with E-state index in [1.54, 1.807) is 13.0 Å². The molecule has 26 heavy (non-hydrogen) atoms. The number of hydrogen-bond acceptors (Lipinski definition) is 2. The van der Waals surface area contributed by atoms with E-state index in [1.807, 2.05) is 0 Å². The molecule has 0 spiro atoms. The Morgan fingerprint density at radius 1 is 0.808 bits per heavy atom. The summed E-state index contributed by atoms with van der Waals surface area (Å²) in [7, 11) is -4.02. The van der Waals surface area contributed by atoms with Crippen molar-refractivity contribution in [3.05, 3.63) is 83.7 Å². The Labute approximate surface area is 149 Å². The molecule has 0 fully saturated rings. The van der Waals surface area contributed by atoms with Crippen molar-refractivity contribution in [2.24, 2.45) is 0 Å². The number of rotatable bonds is 4. The van der Waals surface area contributed by atoms with E-state index in [0.717, 1.165) is 18.2 Å². The van der Waals surface area contributed by atoms with Gasteiger partial charge in [-0.2, -0.15) is 0 Å². The zero-order valence-corrected chi connectivity index (χ0v) is 14.4. The third-order valence-corrected chi connectivity index (χ3v) is 5.22. The molecule has 0 amide bonds. The first-order chi connectivity index (χ1) is 12.3. The van der Waals surface area contributed by atoms with E-state index < -0.39 is 27.5 Å². The summed E-state index contributed by atoms with van der Waals surface area (Å²) in [6.45, 7) is 1.56. The fourth-order valence-corrected chi connectivity index (χ4v) is 3.53. The molecule has 0 aliphatic heterocycles. The predicted molar refractivity (Wildman–Crippen MR) is 93.7 cm³/mol. The SMILES string of the molecule is Cc1ccc(-c2cc(F)c(F)cc2NS(=O)(=O)c2ccccc2)cc1F. The van der Waals surface area contributed by atoms with Gasteiger partial charge < -0.3 is 0 Å². The highest BCUT2D eigenvalue weighted by Gasteiger charge is 2.19. The third-order valence-electron chi connectivity index (χ3n) is 3.84. The maximum atomic E-state index is 13.9. The number of anilines is 1. The molecular weight excluding hydrogens is 363 g/mol. The maximum Gasteiger partial charge on any atom is 0.261 e. The number of benzene rings is 3. The lowest BCUT2D eigenvalue weighted by Crippen LogP contribution is -2.14. The summed E-state index contributed by atoms with van der Waals surface area (Å²) in [5, 5.41) is 0. The van der Waals surface area contributed by atoms with Crippen LogP contribution in [0.2, 0.25) is 0 Å². The number of aryl methyl sites for hydroxylation is 1. The smallest absolute Gasteiger partial charge is 0.261 e. The Morgan fingerprint density at radius 2 is 1.46 bits per heavy atom. The van der Waals surface area contributed by atoms with Crippen LogP contribution in [-0.4, -0.2) is 8.42 Å². The van der Waals surface area contributed by atoms with Gasteiger partial charge in [0.2, 0.25) is 0 Å². The van der Waals surface area contributed by atoms with Gasteiger partial charge in [0.05, 0.1) is 10.6 Å². The minimum absolute atomic E-state index is 0.0299. The van der Waals surface area contributed by atoms with Crippen LogP contribution in [0.4, 0.5) is 18.9 Å². The van der Waals surface area contributed by atoms with E-state index in [-0.39, 0.29) is 21.7 Å². The molecule has 134 valence electrons. The van der Waals surface area contributed by atoms with Gasteiger partial charge in [0, 0.05) is 11.6 Å². The van der Waals surface area contributed by atoms with Crippen LogP contribution in [0.3, 0.4) is 0 Å². The molecular formula is C19H14F3NO2S. The van der Waals surface area contributed by atoms with Crippen LogP contribution in [0, 0.1) is 24.4 Å². The molecule has 0 radical (unpaired) electrons. The standard InChI is InChI=1S/C19H14F3NO2S/c1-12-7-8-13(9-16(12)20)15-10-17(21)18(22)11-19(15)23-26(24,25)14-5-3-2-4-6-14/h2-11,23H,1H3. The van der Waals surface area contributed by atoms with Crippen molar-refractivity contribution < 1.29 is 21.6 Å². The third kappa shape index (κ3) is 3.57. The molecule has 3 nitrogen and oxygen atoms in total. The molecule has 1 N–H and O–H groups in total. The number of halogens is 3. The molecule has 3 rings (SSSR count). The monoisotopic (exact) mass is 377 g/mol. The van der Waals surface area contributed by atoms with Crippen molar-refractivity contribution in [2.45, 2.75) is 11.8 Å². The number of sulfonamides is 1. The average Bonchev–Trinajstić information content (AvgIpc) is 2.61. The summed E-state index contributed by atoms with van der Waals surface area (Å²) in [4.78, 5) is -0.0363. The Balaban J connectivity index is 2.12. The first-order valence-corrected chi connectivity index (χ1v) is 9.10. The molecule has 3 aromatic carbocycles. The Morgan fingerprint density at radius 3 is 2.12 bits per heavy atom. The van der Waals surface area contributed by atoms with E-state index in [2.05, 4.69) is 4.72 Å². The van der Waals surface area contributed by atoms with Gasteiger partial charge in [0.25, 0.3) is 10.0 Å². The lowest BCUT2D eigenvalue weighted by molar-refractivity contribution is 0.509. The van der Waals surface area contributed by atoms with Gasteiger partial charge in [0.1, 0.15) is 5.82 Å². The van der Waals surface area contributed by atoms with Gasteiger partial charge in [0.15, 0.2) is 11.6 Å². The van der Waals surface area contributed by atoms with Gasteiger partial charge in [-0.05, 0) is 42.3 Å². The molecule has 0 aliphatic rings. The second kappa shape index (κ2) is 6.84. The molecule has 0 saturated heterocycles. The zero-order valence-electron chi connectivity index (χ0n) is 13.6. The van der Waals surface area contributed by atoms with Crippen LogP contribution in [0.25, 0.3) is 11.1 Å². The minimum atomic E-state index is -4.02. The molecule has 0 bridgehead atoms. The number of nitrogens with one attached hydrogen (secondary N) is 1. The Kier molecular flexibility index (Phi) is 4.73. The predicted octanol–water partition coefficient (Wildman–Crippen LogP) is 4.88. The van der Waals surface area contributed by atoms with Crippen molar-refractivity contribution in [3.63, 3.8) is 0 Å². The van der Waals surface area contributed by atoms with Gasteiger partial charge >= 0.3 is 0 Å².